The van der Waals surface area contributed by atoms with Crippen molar-refractivity contribution in [3.05, 3.63) is 29.8 Å². The smallest absolute Gasteiger partial charge is 0.340 e. The summed E-state index contributed by atoms with van der Waals surface area (Å²) in [6.45, 7) is 4.02. The standard InChI is InChI=1S/C15H21NO3/c1-10-8-12(9-11(2)18-10)19-15(17)13-6-4-5-7-14(13)16-3/h4-7,10-12,16H,8-9H2,1-3H3. The third-order valence-electron chi connectivity index (χ3n) is 3.34. The fraction of sp³-hybridized carbons (Fsp3) is 0.533. The third kappa shape index (κ3) is 3.47. The molecule has 0 spiro atoms. The van der Waals surface area contributed by atoms with Crippen LogP contribution in [0, 0.1) is 0 Å². The van der Waals surface area contributed by atoms with Crippen LogP contribution in [0.1, 0.15) is 37.0 Å². The second-order valence-corrected chi connectivity index (χ2v) is 5.05. The third-order valence-corrected chi connectivity index (χ3v) is 3.34. The van der Waals surface area contributed by atoms with E-state index in [1.54, 1.807) is 13.1 Å². The van der Waals surface area contributed by atoms with Crippen molar-refractivity contribution in [2.24, 2.45) is 0 Å². The van der Waals surface area contributed by atoms with Crippen LogP contribution in [0.3, 0.4) is 0 Å². The molecule has 1 N–H and O–H groups in total. The molecule has 0 aromatic heterocycles. The highest BCUT2D eigenvalue weighted by Gasteiger charge is 2.28. The average Bonchev–Trinajstić information content (AvgIpc) is 2.37. The minimum absolute atomic E-state index is 0.0591. The number of carbonyl (C=O) groups excluding carboxylic acids is 1. The molecule has 1 saturated heterocycles. The van der Waals surface area contributed by atoms with Crippen molar-refractivity contribution in [1.82, 2.24) is 0 Å². The van der Waals surface area contributed by atoms with E-state index >= 15 is 0 Å². The number of esters is 1. The Morgan fingerprint density at radius 2 is 1.89 bits per heavy atom. The molecule has 2 unspecified atom stereocenters. The number of benzene rings is 1. The summed E-state index contributed by atoms with van der Waals surface area (Å²) in [6, 6.07) is 7.38. The lowest BCUT2D eigenvalue weighted by molar-refractivity contribution is -0.0855. The van der Waals surface area contributed by atoms with Gasteiger partial charge >= 0.3 is 5.97 Å². The molecule has 0 saturated carbocycles. The van der Waals surface area contributed by atoms with Crippen molar-refractivity contribution in [3.63, 3.8) is 0 Å². The highest BCUT2D eigenvalue weighted by Crippen LogP contribution is 2.24. The van der Waals surface area contributed by atoms with Crippen LogP contribution in [0.5, 0.6) is 0 Å². The van der Waals surface area contributed by atoms with Crippen LogP contribution in [0.4, 0.5) is 5.69 Å². The molecule has 1 aliphatic heterocycles. The zero-order chi connectivity index (χ0) is 13.8. The number of hydrogen-bond acceptors (Lipinski definition) is 4. The number of para-hydroxylation sites is 1. The van der Waals surface area contributed by atoms with Crippen molar-refractivity contribution in [2.75, 3.05) is 12.4 Å². The van der Waals surface area contributed by atoms with Crippen LogP contribution in [-0.4, -0.2) is 31.3 Å². The van der Waals surface area contributed by atoms with Crippen molar-refractivity contribution in [2.45, 2.75) is 45.0 Å². The van der Waals surface area contributed by atoms with Crippen molar-refractivity contribution in [1.29, 1.82) is 0 Å². The Hall–Kier alpha value is -1.55. The van der Waals surface area contributed by atoms with Crippen LogP contribution in [0.2, 0.25) is 0 Å². The first-order valence-electron chi connectivity index (χ1n) is 6.73. The van der Waals surface area contributed by atoms with E-state index in [1.807, 2.05) is 32.0 Å². The first-order chi connectivity index (χ1) is 9.10. The van der Waals surface area contributed by atoms with Gasteiger partial charge in [-0.3, -0.25) is 0 Å². The van der Waals surface area contributed by atoms with Crippen LogP contribution < -0.4 is 5.32 Å². The van der Waals surface area contributed by atoms with Crippen LogP contribution in [-0.2, 0) is 9.47 Å². The minimum atomic E-state index is -0.267. The molecule has 0 bridgehead atoms. The van der Waals surface area contributed by atoms with Gasteiger partial charge in [0.25, 0.3) is 0 Å². The molecule has 1 aromatic carbocycles. The Balaban J connectivity index is 2.04. The second-order valence-electron chi connectivity index (χ2n) is 5.05. The van der Waals surface area contributed by atoms with E-state index in [0.717, 1.165) is 18.5 Å². The van der Waals surface area contributed by atoms with Crippen LogP contribution >= 0.6 is 0 Å². The van der Waals surface area contributed by atoms with Gasteiger partial charge in [-0.15, -0.1) is 0 Å². The highest BCUT2D eigenvalue weighted by atomic mass is 16.6. The molecular formula is C15H21NO3. The van der Waals surface area contributed by atoms with E-state index < -0.39 is 0 Å². The first-order valence-corrected chi connectivity index (χ1v) is 6.73. The number of ether oxygens (including phenoxy) is 2. The maximum absolute atomic E-state index is 12.2. The fourth-order valence-corrected chi connectivity index (χ4v) is 2.53. The van der Waals surface area contributed by atoms with E-state index in [4.69, 9.17) is 9.47 Å². The maximum atomic E-state index is 12.2. The zero-order valence-corrected chi connectivity index (χ0v) is 11.7. The van der Waals surface area contributed by atoms with Crippen LogP contribution in [0.15, 0.2) is 24.3 Å². The molecule has 0 aliphatic carbocycles. The summed E-state index contributed by atoms with van der Waals surface area (Å²) >= 11 is 0. The van der Waals surface area contributed by atoms with Crippen LogP contribution in [0.25, 0.3) is 0 Å². The molecule has 1 aromatic rings. The number of carbonyl (C=O) groups is 1. The highest BCUT2D eigenvalue weighted by molar-refractivity contribution is 5.95. The summed E-state index contributed by atoms with van der Waals surface area (Å²) in [5, 5.41) is 3.01. The Morgan fingerprint density at radius 3 is 2.53 bits per heavy atom. The quantitative estimate of drug-likeness (QED) is 0.852. The van der Waals surface area contributed by atoms with Gasteiger partial charge in [0.2, 0.25) is 0 Å². The van der Waals surface area contributed by atoms with Gasteiger partial charge < -0.3 is 14.8 Å². The van der Waals surface area contributed by atoms with E-state index in [9.17, 15) is 4.79 Å². The topological polar surface area (TPSA) is 47.6 Å². The molecule has 0 radical (unpaired) electrons. The molecule has 2 rings (SSSR count). The summed E-state index contributed by atoms with van der Waals surface area (Å²) in [5.41, 5.74) is 1.37. The Bertz CT molecular complexity index is 437. The van der Waals surface area contributed by atoms with Crippen molar-refractivity contribution >= 4 is 11.7 Å². The van der Waals surface area contributed by atoms with Gasteiger partial charge in [-0.2, -0.15) is 0 Å². The van der Waals surface area contributed by atoms with Crippen molar-refractivity contribution < 1.29 is 14.3 Å². The summed E-state index contributed by atoms with van der Waals surface area (Å²) in [4.78, 5) is 12.2. The van der Waals surface area contributed by atoms with Gasteiger partial charge in [0, 0.05) is 25.6 Å². The predicted molar refractivity (Wildman–Crippen MR) is 74.4 cm³/mol. The van der Waals surface area contributed by atoms with E-state index in [2.05, 4.69) is 5.32 Å². The molecule has 4 heteroatoms. The van der Waals surface area contributed by atoms with Gasteiger partial charge in [-0.1, -0.05) is 12.1 Å². The molecule has 4 nitrogen and oxygen atoms in total. The fourth-order valence-electron chi connectivity index (χ4n) is 2.53. The normalized spacial score (nSPS) is 26.8. The SMILES string of the molecule is CNc1ccccc1C(=O)OC1CC(C)OC(C)C1. The lowest BCUT2D eigenvalue weighted by atomic mass is 10.0. The van der Waals surface area contributed by atoms with Gasteiger partial charge in [0.15, 0.2) is 0 Å². The number of anilines is 1. The van der Waals surface area contributed by atoms with E-state index in [-0.39, 0.29) is 24.3 Å². The van der Waals surface area contributed by atoms with Gasteiger partial charge in [-0.25, -0.2) is 4.79 Å². The van der Waals surface area contributed by atoms with Crippen molar-refractivity contribution in [3.8, 4) is 0 Å². The minimum Gasteiger partial charge on any atom is -0.459 e. The number of hydrogen-bond donors (Lipinski definition) is 1. The Morgan fingerprint density at radius 1 is 1.26 bits per heavy atom. The molecular weight excluding hydrogens is 242 g/mol. The number of nitrogens with one attached hydrogen (secondary N) is 1. The molecule has 2 atom stereocenters. The lowest BCUT2D eigenvalue weighted by Gasteiger charge is -2.31. The van der Waals surface area contributed by atoms with E-state index in [0.29, 0.717) is 5.56 Å². The lowest BCUT2D eigenvalue weighted by Crippen LogP contribution is -2.35. The zero-order valence-electron chi connectivity index (χ0n) is 11.7. The molecule has 1 fully saturated rings. The number of rotatable bonds is 3. The second kappa shape index (κ2) is 6.06. The summed E-state index contributed by atoms with van der Waals surface area (Å²) in [7, 11) is 1.80. The molecule has 19 heavy (non-hydrogen) atoms. The first kappa shape index (κ1) is 13.9. The average molecular weight is 263 g/mol. The van der Waals surface area contributed by atoms with E-state index in [1.165, 1.54) is 0 Å². The summed E-state index contributed by atoms with van der Waals surface area (Å²) < 4.78 is 11.2. The largest absolute Gasteiger partial charge is 0.459 e. The summed E-state index contributed by atoms with van der Waals surface area (Å²) in [5.74, 6) is -0.267. The molecule has 1 heterocycles. The summed E-state index contributed by atoms with van der Waals surface area (Å²) in [6.07, 6.45) is 1.74. The van der Waals surface area contributed by atoms with Gasteiger partial charge in [0.05, 0.1) is 17.8 Å². The predicted octanol–water partition coefficient (Wildman–Crippen LogP) is 2.84. The van der Waals surface area contributed by atoms with Gasteiger partial charge in [0.1, 0.15) is 6.10 Å². The molecule has 0 amide bonds. The Labute approximate surface area is 114 Å². The molecule has 104 valence electrons. The monoisotopic (exact) mass is 263 g/mol. The maximum Gasteiger partial charge on any atom is 0.340 e. The molecule has 1 aliphatic rings. The van der Waals surface area contributed by atoms with Gasteiger partial charge in [-0.05, 0) is 26.0 Å². The Kier molecular flexibility index (Phi) is 4.43.